The molecule has 0 spiro atoms. The molecule has 2 aromatic rings. The van der Waals surface area contributed by atoms with Crippen LogP contribution in [0.25, 0.3) is 0 Å². The van der Waals surface area contributed by atoms with E-state index < -0.39 is 4.92 Å². The van der Waals surface area contributed by atoms with Gasteiger partial charge in [0.2, 0.25) is 0 Å². The Kier molecular flexibility index (Phi) is 5.14. The van der Waals surface area contributed by atoms with Crippen molar-refractivity contribution in [1.29, 1.82) is 0 Å². The number of hydrogen-bond acceptors (Lipinski definition) is 4. The lowest BCUT2D eigenvalue weighted by molar-refractivity contribution is -0.384. The lowest BCUT2D eigenvalue weighted by atomic mass is 10.1. The summed E-state index contributed by atoms with van der Waals surface area (Å²) in [5.41, 5.74) is 1.59. The van der Waals surface area contributed by atoms with Gasteiger partial charge in [-0.05, 0) is 18.1 Å². The van der Waals surface area contributed by atoms with Gasteiger partial charge in [-0.3, -0.25) is 10.1 Å². The molecule has 0 bridgehead atoms. The second-order valence-corrected chi connectivity index (χ2v) is 5.04. The summed E-state index contributed by atoms with van der Waals surface area (Å²) in [4.78, 5) is 10.2. The van der Waals surface area contributed by atoms with E-state index >= 15 is 0 Å². The zero-order valence-electron chi connectivity index (χ0n) is 11.2. The van der Waals surface area contributed by atoms with Gasteiger partial charge in [0.15, 0.2) is 0 Å². The Labute approximate surface area is 127 Å². The molecular weight excluding hydrogens is 292 g/mol. The summed E-state index contributed by atoms with van der Waals surface area (Å²) in [5.74, 6) is 0. The molecule has 0 saturated heterocycles. The minimum atomic E-state index is -0.497. The van der Waals surface area contributed by atoms with Gasteiger partial charge < -0.3 is 10.4 Å². The number of hydrogen-bond donors (Lipinski definition) is 2. The summed E-state index contributed by atoms with van der Waals surface area (Å²) >= 11 is 6.03. The maximum atomic E-state index is 10.7. The van der Waals surface area contributed by atoms with Gasteiger partial charge in [0.05, 0.1) is 28.3 Å². The first-order chi connectivity index (χ1) is 10.1. The van der Waals surface area contributed by atoms with Gasteiger partial charge in [0.25, 0.3) is 5.69 Å². The zero-order valence-corrected chi connectivity index (χ0v) is 12.0. The molecule has 6 heteroatoms. The minimum Gasteiger partial charge on any atom is -0.394 e. The summed E-state index contributed by atoms with van der Waals surface area (Å²) in [7, 11) is 0. The van der Waals surface area contributed by atoms with Crippen LogP contribution in [0.3, 0.4) is 0 Å². The van der Waals surface area contributed by atoms with E-state index in [9.17, 15) is 15.2 Å². The fourth-order valence-electron chi connectivity index (χ4n) is 2.01. The molecule has 5 nitrogen and oxygen atoms in total. The monoisotopic (exact) mass is 306 g/mol. The molecule has 1 unspecified atom stereocenters. The van der Waals surface area contributed by atoms with Gasteiger partial charge in [0.1, 0.15) is 0 Å². The molecule has 2 N–H and O–H groups in total. The summed E-state index contributed by atoms with van der Waals surface area (Å²) in [6.07, 6.45) is 0.630. The molecular formula is C15H15ClN2O3. The molecule has 0 radical (unpaired) electrons. The van der Waals surface area contributed by atoms with Gasteiger partial charge in [-0.15, -0.1) is 0 Å². The molecule has 0 aliphatic rings. The third-order valence-corrected chi connectivity index (χ3v) is 3.38. The van der Waals surface area contributed by atoms with Crippen LogP contribution in [0.1, 0.15) is 5.56 Å². The minimum absolute atomic E-state index is 0.0610. The Bertz CT molecular complexity index is 620. The lowest BCUT2D eigenvalue weighted by Gasteiger charge is -2.18. The van der Waals surface area contributed by atoms with Gasteiger partial charge in [0, 0.05) is 12.1 Å². The largest absolute Gasteiger partial charge is 0.394 e. The Morgan fingerprint density at radius 3 is 2.52 bits per heavy atom. The van der Waals surface area contributed by atoms with Crippen LogP contribution >= 0.6 is 11.6 Å². The molecule has 21 heavy (non-hydrogen) atoms. The average molecular weight is 307 g/mol. The summed E-state index contributed by atoms with van der Waals surface area (Å²) < 4.78 is 0. The smallest absolute Gasteiger partial charge is 0.271 e. The Morgan fingerprint density at radius 1 is 1.24 bits per heavy atom. The quantitative estimate of drug-likeness (QED) is 0.634. The fourth-order valence-corrected chi connectivity index (χ4v) is 2.24. The summed E-state index contributed by atoms with van der Waals surface area (Å²) in [6.45, 7) is -0.0673. The van der Waals surface area contributed by atoms with Crippen molar-refractivity contribution in [1.82, 2.24) is 0 Å². The number of nitrogens with zero attached hydrogens (tertiary/aromatic N) is 1. The second-order valence-electron chi connectivity index (χ2n) is 4.63. The highest BCUT2D eigenvalue weighted by atomic mass is 35.5. The van der Waals surface area contributed by atoms with Crippen molar-refractivity contribution in [2.24, 2.45) is 0 Å². The van der Waals surface area contributed by atoms with Crippen molar-refractivity contribution in [2.45, 2.75) is 12.5 Å². The molecule has 1 atom stereocenters. The number of non-ortho nitro benzene ring substituents is 1. The van der Waals surface area contributed by atoms with Crippen molar-refractivity contribution >= 4 is 23.0 Å². The van der Waals surface area contributed by atoms with Gasteiger partial charge in [-0.1, -0.05) is 41.9 Å². The maximum Gasteiger partial charge on any atom is 0.271 e. The van der Waals surface area contributed by atoms with Crippen molar-refractivity contribution in [3.05, 3.63) is 69.2 Å². The fraction of sp³-hybridized carbons (Fsp3) is 0.200. The van der Waals surface area contributed by atoms with Crippen molar-refractivity contribution < 1.29 is 10.0 Å². The summed E-state index contributed by atoms with van der Waals surface area (Å²) in [5, 5.41) is 23.5. The van der Waals surface area contributed by atoms with Gasteiger partial charge in [-0.25, -0.2) is 0 Å². The third-order valence-electron chi connectivity index (χ3n) is 3.07. The first-order valence-corrected chi connectivity index (χ1v) is 6.83. The molecule has 0 heterocycles. The number of anilines is 1. The molecule has 0 aromatic heterocycles. The Balaban J connectivity index is 2.10. The highest BCUT2D eigenvalue weighted by Crippen LogP contribution is 2.27. The van der Waals surface area contributed by atoms with Crippen molar-refractivity contribution in [3.8, 4) is 0 Å². The number of rotatable bonds is 6. The molecule has 0 amide bonds. The van der Waals surface area contributed by atoms with Gasteiger partial charge >= 0.3 is 0 Å². The second kappa shape index (κ2) is 7.06. The van der Waals surface area contributed by atoms with Crippen LogP contribution in [-0.2, 0) is 6.42 Å². The number of nitro benzene ring substituents is 1. The van der Waals surface area contributed by atoms with Gasteiger partial charge in [-0.2, -0.15) is 0 Å². The first kappa shape index (κ1) is 15.3. The van der Waals surface area contributed by atoms with Crippen LogP contribution in [-0.4, -0.2) is 22.7 Å². The Morgan fingerprint density at radius 2 is 1.95 bits per heavy atom. The van der Waals surface area contributed by atoms with Crippen LogP contribution in [0.5, 0.6) is 0 Å². The zero-order chi connectivity index (χ0) is 15.2. The summed E-state index contributed by atoms with van der Waals surface area (Å²) in [6, 6.07) is 13.7. The van der Waals surface area contributed by atoms with Crippen LogP contribution in [0.15, 0.2) is 48.5 Å². The number of nitrogens with one attached hydrogen (secondary N) is 1. The van der Waals surface area contributed by atoms with E-state index in [4.69, 9.17) is 11.6 Å². The predicted octanol–water partition coefficient (Wildman–Crippen LogP) is 3.26. The highest BCUT2D eigenvalue weighted by Gasteiger charge is 2.13. The normalized spacial score (nSPS) is 11.9. The first-order valence-electron chi connectivity index (χ1n) is 6.45. The van der Waals surface area contributed by atoms with E-state index in [2.05, 4.69) is 5.32 Å². The topological polar surface area (TPSA) is 75.4 Å². The maximum absolute atomic E-state index is 10.7. The van der Waals surface area contributed by atoms with Crippen LogP contribution in [0, 0.1) is 10.1 Å². The van der Waals surface area contributed by atoms with E-state index in [0.29, 0.717) is 12.1 Å². The Hall–Kier alpha value is -2.11. The van der Waals surface area contributed by atoms with Crippen LogP contribution in [0.2, 0.25) is 5.02 Å². The van der Waals surface area contributed by atoms with E-state index in [1.54, 1.807) is 6.07 Å². The molecule has 0 aliphatic carbocycles. The number of nitro groups is 1. The molecule has 110 valence electrons. The average Bonchev–Trinajstić information content (AvgIpc) is 2.49. The lowest BCUT2D eigenvalue weighted by Crippen LogP contribution is -2.26. The third kappa shape index (κ3) is 4.18. The highest BCUT2D eigenvalue weighted by molar-refractivity contribution is 6.33. The molecule has 0 fully saturated rings. The van der Waals surface area contributed by atoms with E-state index in [1.807, 2.05) is 30.3 Å². The number of aliphatic hydroxyl groups excluding tert-OH is 1. The van der Waals surface area contributed by atoms with Crippen molar-refractivity contribution in [2.75, 3.05) is 11.9 Å². The number of aliphatic hydroxyl groups is 1. The SMILES string of the molecule is O=[N+]([O-])c1ccc(NC(CO)Cc2ccccc2)c(Cl)c1. The van der Waals surface area contributed by atoms with E-state index in [0.717, 1.165) is 5.56 Å². The van der Waals surface area contributed by atoms with E-state index in [1.165, 1.54) is 12.1 Å². The molecule has 0 aliphatic heterocycles. The molecule has 2 rings (SSSR count). The number of benzene rings is 2. The van der Waals surface area contributed by atoms with Crippen LogP contribution in [0.4, 0.5) is 11.4 Å². The van der Waals surface area contributed by atoms with E-state index in [-0.39, 0.29) is 23.4 Å². The number of halogens is 1. The van der Waals surface area contributed by atoms with Crippen LogP contribution < -0.4 is 5.32 Å². The predicted molar refractivity (Wildman–Crippen MR) is 82.7 cm³/mol. The standard InChI is InChI=1S/C15H15ClN2O3/c16-14-9-13(18(20)21)6-7-15(14)17-12(10-19)8-11-4-2-1-3-5-11/h1-7,9,12,17,19H,8,10H2. The van der Waals surface area contributed by atoms with Crippen molar-refractivity contribution in [3.63, 3.8) is 0 Å². The molecule has 0 saturated carbocycles. The molecule has 2 aromatic carbocycles.